The fraction of sp³-hybridized carbons (Fsp3) is 0.556. The third-order valence-electron chi connectivity index (χ3n) is 4.11. The first-order chi connectivity index (χ1) is 11.5. The van der Waals surface area contributed by atoms with Crippen molar-refractivity contribution >= 4 is 11.9 Å². The Bertz CT molecular complexity index is 574. The lowest BCUT2D eigenvalue weighted by molar-refractivity contribution is -0.121. The predicted octanol–water partition coefficient (Wildman–Crippen LogP) is 2.31. The second-order valence-corrected chi connectivity index (χ2v) is 6.56. The first kappa shape index (κ1) is 18.3. The van der Waals surface area contributed by atoms with E-state index in [0.29, 0.717) is 12.5 Å². The van der Waals surface area contributed by atoms with Crippen LogP contribution >= 0.6 is 0 Å². The number of methoxy groups -OCH3 is 1. The summed E-state index contributed by atoms with van der Waals surface area (Å²) in [4.78, 5) is 25.9. The molecule has 0 spiro atoms. The van der Waals surface area contributed by atoms with E-state index in [9.17, 15) is 9.59 Å². The summed E-state index contributed by atoms with van der Waals surface area (Å²) in [6.45, 7) is 5.63. The minimum Gasteiger partial charge on any atom is -0.497 e. The quantitative estimate of drug-likeness (QED) is 0.838. The number of nitrogens with one attached hydrogen (secondary N) is 2. The van der Waals surface area contributed by atoms with E-state index in [0.717, 1.165) is 30.7 Å². The number of likely N-dealkylation sites (tertiary alicyclic amines) is 1. The molecule has 2 rings (SSSR count). The summed E-state index contributed by atoms with van der Waals surface area (Å²) in [7, 11) is 1.65. The standard InChI is InChI=1S/C18H27N3O3/c1-13(2)11-19-18(23)20-17(22)12-21-9-5-8-16(21)14-6-4-7-15(10-14)24-3/h4,6-7,10,13,16H,5,8-9,11-12H2,1-3H3,(H2,19,20,22,23). The predicted molar refractivity (Wildman–Crippen MR) is 92.9 cm³/mol. The zero-order valence-electron chi connectivity index (χ0n) is 14.7. The molecule has 1 unspecified atom stereocenters. The number of imide groups is 1. The lowest BCUT2D eigenvalue weighted by Crippen LogP contribution is -2.45. The van der Waals surface area contributed by atoms with Gasteiger partial charge in [-0.25, -0.2) is 4.79 Å². The number of amides is 3. The van der Waals surface area contributed by atoms with E-state index in [1.165, 1.54) is 0 Å². The summed E-state index contributed by atoms with van der Waals surface area (Å²) >= 11 is 0. The van der Waals surface area contributed by atoms with Crippen LogP contribution in [0, 0.1) is 5.92 Å². The number of urea groups is 1. The molecule has 1 aliphatic heterocycles. The molecule has 1 aliphatic rings. The van der Waals surface area contributed by atoms with Crippen molar-refractivity contribution in [3.05, 3.63) is 29.8 Å². The van der Waals surface area contributed by atoms with Crippen molar-refractivity contribution in [2.45, 2.75) is 32.7 Å². The number of ether oxygens (including phenoxy) is 1. The Labute approximate surface area is 143 Å². The van der Waals surface area contributed by atoms with Gasteiger partial charge in [0.1, 0.15) is 5.75 Å². The Morgan fingerprint density at radius 1 is 1.38 bits per heavy atom. The highest BCUT2D eigenvalue weighted by Gasteiger charge is 2.28. The van der Waals surface area contributed by atoms with Gasteiger partial charge in [-0.15, -0.1) is 0 Å². The highest BCUT2D eigenvalue weighted by molar-refractivity contribution is 5.95. The molecule has 0 saturated carbocycles. The zero-order chi connectivity index (χ0) is 17.5. The number of carbonyl (C=O) groups is 2. The molecule has 1 aromatic rings. The fourth-order valence-corrected chi connectivity index (χ4v) is 2.93. The van der Waals surface area contributed by atoms with Gasteiger partial charge in [0.25, 0.3) is 0 Å². The molecular weight excluding hydrogens is 306 g/mol. The molecule has 0 aliphatic carbocycles. The molecule has 1 aromatic carbocycles. The molecular formula is C18H27N3O3. The van der Waals surface area contributed by atoms with Gasteiger partial charge in [0.05, 0.1) is 13.7 Å². The number of benzene rings is 1. The Hall–Kier alpha value is -2.08. The van der Waals surface area contributed by atoms with Gasteiger partial charge in [-0.3, -0.25) is 15.0 Å². The Morgan fingerprint density at radius 3 is 2.88 bits per heavy atom. The average Bonchev–Trinajstić information content (AvgIpc) is 3.01. The summed E-state index contributed by atoms with van der Waals surface area (Å²) in [6, 6.07) is 7.70. The van der Waals surface area contributed by atoms with E-state index < -0.39 is 6.03 Å². The number of hydrogen-bond acceptors (Lipinski definition) is 4. The maximum atomic E-state index is 12.1. The van der Waals surface area contributed by atoms with Gasteiger partial charge in [0.2, 0.25) is 5.91 Å². The topological polar surface area (TPSA) is 70.7 Å². The summed E-state index contributed by atoms with van der Waals surface area (Å²) in [5, 5.41) is 5.09. The zero-order valence-corrected chi connectivity index (χ0v) is 14.7. The van der Waals surface area contributed by atoms with Crippen LogP contribution in [0.1, 0.15) is 38.3 Å². The van der Waals surface area contributed by atoms with Crippen LogP contribution in [0.2, 0.25) is 0 Å². The second-order valence-electron chi connectivity index (χ2n) is 6.56. The lowest BCUT2D eigenvalue weighted by atomic mass is 10.0. The molecule has 2 N–H and O–H groups in total. The van der Waals surface area contributed by atoms with Crippen LogP contribution in [0.15, 0.2) is 24.3 Å². The summed E-state index contributed by atoms with van der Waals surface area (Å²) in [6.07, 6.45) is 2.04. The van der Waals surface area contributed by atoms with Crippen molar-refractivity contribution in [2.24, 2.45) is 5.92 Å². The molecule has 1 saturated heterocycles. The summed E-state index contributed by atoms with van der Waals surface area (Å²) < 4.78 is 5.28. The fourth-order valence-electron chi connectivity index (χ4n) is 2.93. The van der Waals surface area contributed by atoms with Crippen molar-refractivity contribution in [3.8, 4) is 5.75 Å². The Kier molecular flexibility index (Phi) is 6.61. The molecule has 1 fully saturated rings. The highest BCUT2D eigenvalue weighted by atomic mass is 16.5. The van der Waals surface area contributed by atoms with E-state index in [4.69, 9.17) is 4.74 Å². The van der Waals surface area contributed by atoms with E-state index in [2.05, 4.69) is 21.6 Å². The van der Waals surface area contributed by atoms with E-state index >= 15 is 0 Å². The largest absolute Gasteiger partial charge is 0.497 e. The SMILES string of the molecule is COc1cccc(C2CCCN2CC(=O)NC(=O)NCC(C)C)c1. The summed E-state index contributed by atoms with van der Waals surface area (Å²) in [5.74, 6) is 0.893. The smallest absolute Gasteiger partial charge is 0.321 e. The van der Waals surface area contributed by atoms with Gasteiger partial charge < -0.3 is 10.1 Å². The molecule has 6 nitrogen and oxygen atoms in total. The van der Waals surface area contributed by atoms with Crippen LogP contribution in [0.4, 0.5) is 4.79 Å². The van der Waals surface area contributed by atoms with Crippen LogP contribution in [0.5, 0.6) is 5.75 Å². The van der Waals surface area contributed by atoms with Crippen molar-refractivity contribution in [3.63, 3.8) is 0 Å². The molecule has 0 radical (unpaired) electrons. The van der Waals surface area contributed by atoms with Crippen molar-refractivity contribution in [1.82, 2.24) is 15.5 Å². The first-order valence-corrected chi connectivity index (χ1v) is 8.45. The number of nitrogens with zero attached hydrogens (tertiary/aromatic N) is 1. The normalized spacial score (nSPS) is 17.8. The average molecular weight is 333 g/mol. The van der Waals surface area contributed by atoms with Crippen LogP contribution in [0.3, 0.4) is 0 Å². The van der Waals surface area contributed by atoms with Gasteiger partial charge in [-0.1, -0.05) is 26.0 Å². The lowest BCUT2D eigenvalue weighted by Gasteiger charge is -2.24. The molecule has 3 amide bonds. The highest BCUT2D eigenvalue weighted by Crippen LogP contribution is 2.32. The molecule has 1 heterocycles. The minimum absolute atomic E-state index is 0.185. The van der Waals surface area contributed by atoms with E-state index in [1.807, 2.05) is 32.0 Å². The number of carbonyl (C=O) groups excluding carboxylic acids is 2. The minimum atomic E-state index is -0.425. The number of rotatable bonds is 6. The maximum absolute atomic E-state index is 12.1. The number of hydrogen-bond donors (Lipinski definition) is 2. The van der Waals surface area contributed by atoms with Crippen LogP contribution in [0.25, 0.3) is 0 Å². The Balaban J connectivity index is 1.90. The summed E-state index contributed by atoms with van der Waals surface area (Å²) in [5.41, 5.74) is 1.14. The van der Waals surface area contributed by atoms with Crippen molar-refractivity contribution in [2.75, 3.05) is 26.7 Å². The van der Waals surface area contributed by atoms with Crippen LogP contribution in [-0.2, 0) is 4.79 Å². The van der Waals surface area contributed by atoms with Crippen molar-refractivity contribution in [1.29, 1.82) is 0 Å². The monoisotopic (exact) mass is 333 g/mol. The molecule has 0 aromatic heterocycles. The maximum Gasteiger partial charge on any atom is 0.321 e. The van der Waals surface area contributed by atoms with E-state index in [1.54, 1.807) is 7.11 Å². The van der Waals surface area contributed by atoms with Gasteiger partial charge in [0.15, 0.2) is 0 Å². The van der Waals surface area contributed by atoms with E-state index in [-0.39, 0.29) is 18.5 Å². The molecule has 24 heavy (non-hydrogen) atoms. The molecule has 1 atom stereocenters. The molecule has 132 valence electrons. The Morgan fingerprint density at radius 2 is 2.17 bits per heavy atom. The van der Waals surface area contributed by atoms with Gasteiger partial charge in [-0.2, -0.15) is 0 Å². The molecule has 6 heteroatoms. The third-order valence-corrected chi connectivity index (χ3v) is 4.11. The van der Waals surface area contributed by atoms with Gasteiger partial charge in [0, 0.05) is 12.6 Å². The van der Waals surface area contributed by atoms with Crippen molar-refractivity contribution < 1.29 is 14.3 Å². The first-order valence-electron chi connectivity index (χ1n) is 8.45. The second kappa shape index (κ2) is 8.68. The van der Waals surface area contributed by atoms with Crippen LogP contribution in [-0.4, -0.2) is 43.6 Å². The van der Waals surface area contributed by atoms with Crippen LogP contribution < -0.4 is 15.4 Å². The third kappa shape index (κ3) is 5.23. The van der Waals surface area contributed by atoms with Gasteiger partial charge in [-0.05, 0) is 43.0 Å². The molecule has 0 bridgehead atoms. The van der Waals surface area contributed by atoms with Gasteiger partial charge >= 0.3 is 6.03 Å².